The molecule has 2 fully saturated rings. The Morgan fingerprint density at radius 1 is 1.14 bits per heavy atom. The van der Waals surface area contributed by atoms with E-state index in [9.17, 15) is 4.79 Å². The molecule has 152 valence electrons. The highest BCUT2D eigenvalue weighted by molar-refractivity contribution is 5.94. The van der Waals surface area contributed by atoms with Crippen molar-refractivity contribution in [2.24, 2.45) is 5.92 Å². The Hall–Kier alpha value is -1.88. The van der Waals surface area contributed by atoms with Gasteiger partial charge >= 0.3 is 0 Å². The summed E-state index contributed by atoms with van der Waals surface area (Å²) in [6.45, 7) is 6.55. The van der Waals surface area contributed by atoms with Crippen molar-refractivity contribution in [1.29, 1.82) is 0 Å². The van der Waals surface area contributed by atoms with Crippen LogP contribution in [0, 0.1) is 5.92 Å². The minimum atomic E-state index is 0.178. The first-order valence-corrected chi connectivity index (χ1v) is 11.3. The first-order valence-electron chi connectivity index (χ1n) is 11.3. The number of amides is 1. The minimum absolute atomic E-state index is 0.178. The molecule has 1 N–H and O–H groups in total. The molecule has 1 saturated heterocycles. The fourth-order valence-electron chi connectivity index (χ4n) is 4.69. The van der Waals surface area contributed by atoms with Crippen molar-refractivity contribution in [3.63, 3.8) is 0 Å². The van der Waals surface area contributed by atoms with Gasteiger partial charge in [-0.05, 0) is 63.4 Å². The predicted octanol–water partition coefficient (Wildman–Crippen LogP) is 4.95. The number of imidazole rings is 1. The van der Waals surface area contributed by atoms with Crippen molar-refractivity contribution < 1.29 is 4.79 Å². The van der Waals surface area contributed by atoms with Gasteiger partial charge in [0, 0.05) is 18.2 Å². The summed E-state index contributed by atoms with van der Waals surface area (Å²) in [5.74, 6) is 1.53. The van der Waals surface area contributed by atoms with E-state index < -0.39 is 0 Å². The van der Waals surface area contributed by atoms with Crippen molar-refractivity contribution in [3.8, 4) is 0 Å². The zero-order valence-electron chi connectivity index (χ0n) is 17.3. The molecule has 0 atom stereocenters. The number of hydrogen-bond acceptors (Lipinski definition) is 3. The molecular formula is C23H34N4O. The lowest BCUT2D eigenvalue weighted by Gasteiger charge is -2.20. The Bertz CT molecular complexity index is 800. The second-order valence-electron chi connectivity index (χ2n) is 8.54. The molecule has 0 radical (unpaired) electrons. The van der Waals surface area contributed by atoms with Gasteiger partial charge in [0.05, 0.1) is 17.6 Å². The first kappa shape index (κ1) is 19.4. The summed E-state index contributed by atoms with van der Waals surface area (Å²) in [4.78, 5) is 20.1. The monoisotopic (exact) mass is 382 g/mol. The molecule has 28 heavy (non-hydrogen) atoms. The van der Waals surface area contributed by atoms with Gasteiger partial charge < -0.3 is 9.88 Å². The van der Waals surface area contributed by atoms with Crippen LogP contribution in [0.5, 0.6) is 0 Å². The SMILES string of the molecule is CCCCn1c(CN2CCCC2)nc2cc(NC(=O)C3CCCCC3)ccc21. The number of nitrogens with one attached hydrogen (secondary N) is 1. The lowest BCUT2D eigenvalue weighted by Crippen LogP contribution is -2.24. The predicted molar refractivity (Wildman–Crippen MR) is 114 cm³/mol. The molecule has 0 unspecified atom stereocenters. The van der Waals surface area contributed by atoms with Gasteiger partial charge in [-0.15, -0.1) is 0 Å². The smallest absolute Gasteiger partial charge is 0.227 e. The van der Waals surface area contributed by atoms with E-state index >= 15 is 0 Å². The average molecular weight is 383 g/mol. The fourth-order valence-corrected chi connectivity index (χ4v) is 4.69. The van der Waals surface area contributed by atoms with Crippen LogP contribution in [0.3, 0.4) is 0 Å². The van der Waals surface area contributed by atoms with Crippen LogP contribution in [0.4, 0.5) is 5.69 Å². The lowest BCUT2D eigenvalue weighted by molar-refractivity contribution is -0.120. The van der Waals surface area contributed by atoms with Crippen LogP contribution in [0.2, 0.25) is 0 Å². The summed E-state index contributed by atoms with van der Waals surface area (Å²) in [5, 5.41) is 3.15. The Balaban J connectivity index is 1.54. The molecular weight excluding hydrogens is 348 g/mol. The number of carbonyl (C=O) groups excluding carboxylic acids is 1. The van der Waals surface area contributed by atoms with Crippen LogP contribution >= 0.6 is 0 Å². The zero-order chi connectivity index (χ0) is 19.3. The Morgan fingerprint density at radius 2 is 1.93 bits per heavy atom. The van der Waals surface area contributed by atoms with Crippen LogP contribution in [-0.2, 0) is 17.9 Å². The Kier molecular flexibility index (Phi) is 6.30. The highest BCUT2D eigenvalue weighted by atomic mass is 16.1. The maximum absolute atomic E-state index is 12.6. The Labute approximate surface area is 168 Å². The molecule has 2 aromatic rings. The van der Waals surface area contributed by atoms with E-state index in [-0.39, 0.29) is 11.8 Å². The van der Waals surface area contributed by atoms with E-state index in [4.69, 9.17) is 4.98 Å². The maximum atomic E-state index is 12.6. The van der Waals surface area contributed by atoms with Crippen LogP contribution in [0.1, 0.15) is 70.5 Å². The fraction of sp³-hybridized carbons (Fsp3) is 0.652. The molecule has 1 saturated carbocycles. The number of anilines is 1. The number of nitrogens with zero attached hydrogens (tertiary/aromatic N) is 3. The van der Waals surface area contributed by atoms with Gasteiger partial charge in [0.15, 0.2) is 0 Å². The number of carbonyl (C=O) groups is 1. The maximum Gasteiger partial charge on any atom is 0.227 e. The van der Waals surface area contributed by atoms with E-state index in [0.717, 1.165) is 37.1 Å². The molecule has 4 rings (SSSR count). The van der Waals surface area contributed by atoms with Gasteiger partial charge in [-0.1, -0.05) is 32.6 Å². The molecule has 5 heteroatoms. The van der Waals surface area contributed by atoms with Crippen molar-refractivity contribution in [2.75, 3.05) is 18.4 Å². The molecule has 1 aliphatic carbocycles. The third-order valence-corrected chi connectivity index (χ3v) is 6.37. The molecule has 1 aromatic carbocycles. The molecule has 2 heterocycles. The number of aromatic nitrogens is 2. The van der Waals surface area contributed by atoms with E-state index in [1.54, 1.807) is 0 Å². The largest absolute Gasteiger partial charge is 0.327 e. The number of unbranched alkanes of at least 4 members (excludes halogenated alkanes) is 1. The van der Waals surface area contributed by atoms with Crippen LogP contribution in [0.15, 0.2) is 18.2 Å². The van der Waals surface area contributed by atoms with Crippen LogP contribution in [-0.4, -0.2) is 33.4 Å². The van der Waals surface area contributed by atoms with Gasteiger partial charge in [0.2, 0.25) is 5.91 Å². The summed E-state index contributed by atoms with van der Waals surface area (Å²) in [6.07, 6.45) is 10.6. The van der Waals surface area contributed by atoms with Crippen molar-refractivity contribution in [3.05, 3.63) is 24.0 Å². The van der Waals surface area contributed by atoms with Crippen molar-refractivity contribution in [1.82, 2.24) is 14.5 Å². The highest BCUT2D eigenvalue weighted by Crippen LogP contribution is 2.27. The molecule has 0 bridgehead atoms. The van der Waals surface area contributed by atoms with E-state index in [1.165, 1.54) is 69.4 Å². The van der Waals surface area contributed by atoms with Gasteiger partial charge in [0.25, 0.3) is 0 Å². The second kappa shape index (κ2) is 9.08. The first-order chi connectivity index (χ1) is 13.7. The molecule has 1 aliphatic heterocycles. The molecule has 5 nitrogen and oxygen atoms in total. The highest BCUT2D eigenvalue weighted by Gasteiger charge is 2.22. The third-order valence-electron chi connectivity index (χ3n) is 6.37. The quantitative estimate of drug-likeness (QED) is 0.737. The van der Waals surface area contributed by atoms with Crippen molar-refractivity contribution >= 4 is 22.6 Å². The summed E-state index contributed by atoms with van der Waals surface area (Å²) < 4.78 is 2.39. The summed E-state index contributed by atoms with van der Waals surface area (Å²) >= 11 is 0. The van der Waals surface area contributed by atoms with E-state index in [1.807, 2.05) is 6.07 Å². The van der Waals surface area contributed by atoms with Gasteiger partial charge in [-0.3, -0.25) is 9.69 Å². The van der Waals surface area contributed by atoms with Crippen molar-refractivity contribution in [2.45, 2.75) is 77.8 Å². The van der Waals surface area contributed by atoms with Gasteiger partial charge in [-0.25, -0.2) is 4.98 Å². The molecule has 1 aromatic heterocycles. The number of benzene rings is 1. The summed E-state index contributed by atoms with van der Waals surface area (Å²) in [6, 6.07) is 6.25. The van der Waals surface area contributed by atoms with E-state index in [2.05, 4.69) is 33.8 Å². The van der Waals surface area contributed by atoms with Gasteiger partial charge in [0.1, 0.15) is 5.82 Å². The lowest BCUT2D eigenvalue weighted by atomic mass is 9.88. The summed E-state index contributed by atoms with van der Waals surface area (Å²) in [7, 11) is 0. The molecule has 0 spiro atoms. The summed E-state index contributed by atoms with van der Waals surface area (Å²) in [5.41, 5.74) is 3.08. The minimum Gasteiger partial charge on any atom is -0.327 e. The standard InChI is InChI=1S/C23H34N4O/c1-2-3-15-27-21-12-11-19(24-23(28)18-9-5-4-6-10-18)16-20(21)25-22(27)17-26-13-7-8-14-26/h11-12,16,18H,2-10,13-15,17H2,1H3,(H,24,28). The zero-order valence-corrected chi connectivity index (χ0v) is 17.3. The van der Waals surface area contributed by atoms with Crippen LogP contribution in [0.25, 0.3) is 11.0 Å². The topological polar surface area (TPSA) is 50.2 Å². The van der Waals surface area contributed by atoms with Gasteiger partial charge in [-0.2, -0.15) is 0 Å². The number of fused-ring (bicyclic) bond motifs is 1. The van der Waals surface area contributed by atoms with Crippen LogP contribution < -0.4 is 5.32 Å². The number of rotatable bonds is 7. The normalized spacial score (nSPS) is 18.8. The number of likely N-dealkylation sites (tertiary alicyclic amines) is 1. The Morgan fingerprint density at radius 3 is 2.68 bits per heavy atom. The number of hydrogen-bond donors (Lipinski definition) is 1. The average Bonchev–Trinajstić information content (AvgIpc) is 3.34. The third kappa shape index (κ3) is 4.40. The molecule has 1 amide bonds. The second-order valence-corrected chi connectivity index (χ2v) is 8.54. The number of aryl methyl sites for hydroxylation is 1. The molecule has 2 aliphatic rings. The van der Waals surface area contributed by atoms with E-state index in [0.29, 0.717) is 0 Å².